The summed E-state index contributed by atoms with van der Waals surface area (Å²) in [4.78, 5) is 23.3. The molecule has 0 unspecified atom stereocenters. The van der Waals surface area contributed by atoms with Crippen LogP contribution < -0.4 is 16.0 Å². The molecule has 0 bridgehead atoms. The van der Waals surface area contributed by atoms with Crippen molar-refractivity contribution in [1.82, 2.24) is 10.5 Å². The Balaban J connectivity index is 1.59. The van der Waals surface area contributed by atoms with E-state index in [1.807, 2.05) is 13.8 Å². The van der Waals surface area contributed by atoms with Crippen LogP contribution in [0, 0.1) is 19.7 Å². The van der Waals surface area contributed by atoms with Crippen LogP contribution >= 0.6 is 0 Å². The van der Waals surface area contributed by atoms with E-state index in [0.29, 0.717) is 31.5 Å². The summed E-state index contributed by atoms with van der Waals surface area (Å²) in [7, 11) is 0. The second kappa shape index (κ2) is 6.92. The number of aromatic nitrogens is 1. The minimum atomic E-state index is -0.596. The summed E-state index contributed by atoms with van der Waals surface area (Å²) in [5.74, 6) is -0.00557. The minimum Gasteiger partial charge on any atom is -0.361 e. The zero-order valence-corrected chi connectivity index (χ0v) is 14.0. The Labute approximate surface area is 144 Å². The fourth-order valence-corrected chi connectivity index (χ4v) is 2.82. The third kappa shape index (κ3) is 3.78. The molecule has 3 amide bonds. The number of fused-ring (bicyclic) bond motifs is 1. The fraction of sp³-hybridized carbons (Fsp3) is 0.353. The average Bonchev–Trinajstić information content (AvgIpc) is 2.87. The van der Waals surface area contributed by atoms with Crippen LogP contribution in [0.25, 0.3) is 0 Å². The molecule has 0 radical (unpaired) electrons. The van der Waals surface area contributed by atoms with Gasteiger partial charge in [0.25, 0.3) is 0 Å². The van der Waals surface area contributed by atoms with Gasteiger partial charge in [-0.15, -0.1) is 0 Å². The molecule has 0 spiro atoms. The number of benzene rings is 1. The quantitative estimate of drug-likeness (QED) is 0.793. The van der Waals surface area contributed by atoms with Crippen molar-refractivity contribution in [3.05, 3.63) is 40.5 Å². The van der Waals surface area contributed by atoms with Gasteiger partial charge in [0.2, 0.25) is 5.91 Å². The number of halogens is 1. The summed E-state index contributed by atoms with van der Waals surface area (Å²) in [6, 6.07) is 2.29. The third-order valence-electron chi connectivity index (χ3n) is 4.18. The molecule has 8 heteroatoms. The van der Waals surface area contributed by atoms with Crippen LogP contribution in [0.5, 0.6) is 0 Å². The van der Waals surface area contributed by atoms with E-state index in [1.54, 1.807) is 6.07 Å². The lowest BCUT2D eigenvalue weighted by molar-refractivity contribution is -0.116. The Bertz CT molecular complexity index is 812. The Morgan fingerprint density at radius 3 is 2.88 bits per heavy atom. The zero-order chi connectivity index (χ0) is 18.0. The highest BCUT2D eigenvalue weighted by molar-refractivity contribution is 5.95. The van der Waals surface area contributed by atoms with E-state index < -0.39 is 11.8 Å². The molecule has 1 aromatic heterocycles. The molecular weight excluding hydrogens is 327 g/mol. The van der Waals surface area contributed by atoms with Gasteiger partial charge in [-0.25, -0.2) is 9.18 Å². The predicted octanol–water partition coefficient (Wildman–Crippen LogP) is 2.68. The molecule has 132 valence electrons. The van der Waals surface area contributed by atoms with E-state index in [-0.39, 0.29) is 11.6 Å². The first kappa shape index (κ1) is 16.9. The number of aryl methyl sites for hydroxylation is 3. The maximum atomic E-state index is 14.1. The normalized spacial score (nSPS) is 13.2. The van der Waals surface area contributed by atoms with Crippen molar-refractivity contribution in [2.75, 3.05) is 17.2 Å². The average molecular weight is 346 g/mol. The molecule has 3 N–H and O–H groups in total. The van der Waals surface area contributed by atoms with Crippen molar-refractivity contribution in [3.63, 3.8) is 0 Å². The van der Waals surface area contributed by atoms with Crippen LogP contribution in [0.3, 0.4) is 0 Å². The Kier molecular flexibility index (Phi) is 4.69. The lowest BCUT2D eigenvalue weighted by atomic mass is 10.0. The van der Waals surface area contributed by atoms with Gasteiger partial charge >= 0.3 is 6.03 Å². The van der Waals surface area contributed by atoms with Crippen molar-refractivity contribution < 1.29 is 18.5 Å². The van der Waals surface area contributed by atoms with Crippen LogP contribution in [0.4, 0.5) is 20.6 Å². The number of carbonyl (C=O) groups excluding carboxylic acids is 2. The second-order valence-electron chi connectivity index (χ2n) is 5.97. The first-order valence-electron chi connectivity index (χ1n) is 8.03. The van der Waals surface area contributed by atoms with E-state index in [4.69, 9.17) is 4.52 Å². The van der Waals surface area contributed by atoms with Crippen LogP contribution in [0.1, 0.15) is 29.0 Å². The number of hydrogen-bond donors (Lipinski definition) is 3. The highest BCUT2D eigenvalue weighted by Gasteiger charge is 2.18. The predicted molar refractivity (Wildman–Crippen MR) is 90.1 cm³/mol. The SMILES string of the molecule is Cc1noc(C)c1CCNC(=O)Nc1cc2c(cc1F)NC(=O)CC2. The number of hydrogen-bond acceptors (Lipinski definition) is 4. The van der Waals surface area contributed by atoms with Crippen molar-refractivity contribution in [3.8, 4) is 0 Å². The monoisotopic (exact) mass is 346 g/mol. The summed E-state index contributed by atoms with van der Waals surface area (Å²) in [6.07, 6.45) is 1.44. The molecule has 1 aromatic carbocycles. The maximum Gasteiger partial charge on any atom is 0.319 e. The Morgan fingerprint density at radius 1 is 1.36 bits per heavy atom. The van der Waals surface area contributed by atoms with Crippen molar-refractivity contribution >= 4 is 23.3 Å². The van der Waals surface area contributed by atoms with Gasteiger partial charge in [0.15, 0.2) is 0 Å². The molecule has 0 saturated heterocycles. The molecule has 1 aliphatic rings. The van der Waals surface area contributed by atoms with Gasteiger partial charge in [-0.1, -0.05) is 5.16 Å². The number of urea groups is 1. The number of nitrogens with one attached hydrogen (secondary N) is 3. The van der Waals surface area contributed by atoms with Crippen molar-refractivity contribution in [2.24, 2.45) is 0 Å². The van der Waals surface area contributed by atoms with Crippen LogP contribution in [-0.2, 0) is 17.6 Å². The lowest BCUT2D eigenvalue weighted by Gasteiger charge is -2.18. The lowest BCUT2D eigenvalue weighted by Crippen LogP contribution is -2.31. The molecule has 1 aliphatic heterocycles. The van der Waals surface area contributed by atoms with Gasteiger partial charge < -0.3 is 20.5 Å². The highest BCUT2D eigenvalue weighted by Crippen LogP contribution is 2.28. The smallest absolute Gasteiger partial charge is 0.319 e. The van der Waals surface area contributed by atoms with Crippen molar-refractivity contribution in [2.45, 2.75) is 33.1 Å². The summed E-state index contributed by atoms with van der Waals surface area (Å²) in [5.41, 5.74) is 3.09. The molecule has 0 atom stereocenters. The van der Waals surface area contributed by atoms with Gasteiger partial charge in [-0.3, -0.25) is 4.79 Å². The molecule has 2 heterocycles. The minimum absolute atomic E-state index is 0.0877. The van der Waals surface area contributed by atoms with E-state index in [9.17, 15) is 14.0 Å². The summed E-state index contributed by atoms with van der Waals surface area (Å²) >= 11 is 0. The number of amides is 3. The number of carbonyl (C=O) groups is 2. The number of anilines is 2. The molecular formula is C17H19FN4O3. The third-order valence-corrected chi connectivity index (χ3v) is 4.18. The van der Waals surface area contributed by atoms with Crippen LogP contribution in [0.15, 0.2) is 16.7 Å². The van der Waals surface area contributed by atoms with Gasteiger partial charge in [0.05, 0.1) is 11.4 Å². The van der Waals surface area contributed by atoms with Crippen LogP contribution in [0.2, 0.25) is 0 Å². The molecule has 7 nitrogen and oxygen atoms in total. The van der Waals surface area contributed by atoms with Crippen LogP contribution in [-0.4, -0.2) is 23.6 Å². The van der Waals surface area contributed by atoms with Gasteiger partial charge in [-0.05, 0) is 44.4 Å². The van der Waals surface area contributed by atoms with Gasteiger partial charge in [0.1, 0.15) is 11.6 Å². The zero-order valence-electron chi connectivity index (χ0n) is 14.0. The summed E-state index contributed by atoms with van der Waals surface area (Å²) < 4.78 is 19.2. The summed E-state index contributed by atoms with van der Waals surface area (Å²) in [6.45, 7) is 4.03. The molecule has 2 aromatic rings. The maximum absolute atomic E-state index is 14.1. The first-order valence-corrected chi connectivity index (χ1v) is 8.03. The van der Waals surface area contributed by atoms with Crippen molar-refractivity contribution in [1.29, 1.82) is 0 Å². The molecule has 25 heavy (non-hydrogen) atoms. The Morgan fingerprint density at radius 2 is 2.16 bits per heavy atom. The largest absolute Gasteiger partial charge is 0.361 e. The summed E-state index contributed by atoms with van der Waals surface area (Å²) in [5, 5.41) is 11.7. The Hall–Kier alpha value is -2.90. The van der Waals surface area contributed by atoms with E-state index in [2.05, 4.69) is 21.1 Å². The molecule has 0 aliphatic carbocycles. The van der Waals surface area contributed by atoms with E-state index in [1.165, 1.54) is 6.07 Å². The standard InChI is InChI=1S/C17H19FN4O3/c1-9-12(10(2)25-22-9)5-6-19-17(24)21-15-7-11-3-4-16(23)20-14(11)8-13(15)18/h7-8H,3-6H2,1-2H3,(H,20,23)(H2,19,21,24). The number of rotatable bonds is 4. The fourth-order valence-electron chi connectivity index (χ4n) is 2.82. The van der Waals surface area contributed by atoms with E-state index in [0.717, 1.165) is 22.6 Å². The molecule has 3 rings (SSSR count). The molecule has 0 saturated carbocycles. The van der Waals surface area contributed by atoms with Gasteiger partial charge in [-0.2, -0.15) is 0 Å². The number of nitrogens with zero attached hydrogens (tertiary/aromatic N) is 1. The first-order chi connectivity index (χ1) is 11.9. The molecule has 0 fully saturated rings. The topological polar surface area (TPSA) is 96.3 Å². The highest BCUT2D eigenvalue weighted by atomic mass is 19.1. The van der Waals surface area contributed by atoms with Gasteiger partial charge in [0, 0.05) is 24.2 Å². The second-order valence-corrected chi connectivity index (χ2v) is 5.97. The van der Waals surface area contributed by atoms with E-state index >= 15 is 0 Å².